The lowest BCUT2D eigenvalue weighted by Crippen LogP contribution is -1.71. The summed E-state index contributed by atoms with van der Waals surface area (Å²) in [4.78, 5) is 0. The van der Waals surface area contributed by atoms with Crippen LogP contribution in [0.25, 0.3) is 0 Å². The second-order valence-electron chi connectivity index (χ2n) is 0.214. The number of halogens is 3. The molecule has 0 aliphatic carbocycles. The Morgan fingerprint density at radius 2 is 1.50 bits per heavy atom. The van der Waals surface area contributed by atoms with Gasteiger partial charge in [0.1, 0.15) is 0 Å². The number of hydrogen-bond donors (Lipinski definition) is 0. The molecule has 0 amide bonds. The Balaban J connectivity index is 2.32. The molecular weight excluding hydrogens is 146 g/mol. The van der Waals surface area contributed by atoms with Gasteiger partial charge in [-0.1, -0.05) is 0 Å². The van der Waals surface area contributed by atoms with Gasteiger partial charge in [-0.2, -0.15) is 0 Å². The van der Waals surface area contributed by atoms with Crippen molar-refractivity contribution in [2.24, 2.45) is 0 Å². The van der Waals surface area contributed by atoms with Crippen LogP contribution in [-0.4, -0.2) is 8.08 Å². The van der Waals surface area contributed by atoms with Gasteiger partial charge in [-0.15, -0.1) is 0 Å². The Bertz CT molecular complexity index is 10.8. The second kappa shape index (κ2) is 1.84. The van der Waals surface area contributed by atoms with Gasteiger partial charge in [0.2, 0.25) is 0 Å². The molecule has 0 N–H and O–H groups in total. The molecule has 0 heterocycles. The topological polar surface area (TPSA) is 0 Å². The molecule has 0 spiro atoms. The smallest absolute Gasteiger partial charge is 0.253 e. The van der Waals surface area contributed by atoms with Gasteiger partial charge in [-0.3, -0.25) is 8.22 Å². The van der Waals surface area contributed by atoms with Crippen molar-refractivity contribution in [2.45, 2.75) is 0 Å². The van der Waals surface area contributed by atoms with E-state index in [9.17, 15) is 8.22 Å². The highest BCUT2D eigenvalue weighted by molar-refractivity contribution is 9.24. The molecule has 0 aliphatic heterocycles. The maximum absolute atomic E-state index is 10.4. The van der Waals surface area contributed by atoms with Crippen LogP contribution in [0.5, 0.6) is 0 Å². The van der Waals surface area contributed by atoms with Gasteiger partial charge in [-0.05, 0) is 15.3 Å². The molecule has 1 radical (unpaired) electrons. The minimum Gasteiger partial charge on any atom is -0.253 e. The SMILES string of the molecule is F[Si](F)Br. The minimum atomic E-state index is -3.07. The Morgan fingerprint density at radius 1 is 1.50 bits per heavy atom. The molecular formula is BrF2Si. The summed E-state index contributed by atoms with van der Waals surface area (Å²) in [5, 5.41) is 0. The zero-order valence-electron chi connectivity index (χ0n) is 1.63. The van der Waals surface area contributed by atoms with Crippen LogP contribution in [0.15, 0.2) is 0 Å². The largest absolute Gasteiger partial charge is 0.554 e. The standard InChI is InChI=1S/BrF2Si/c1-4(2)3. The van der Waals surface area contributed by atoms with Crippen molar-refractivity contribution in [1.29, 1.82) is 0 Å². The Morgan fingerprint density at radius 3 is 1.50 bits per heavy atom. The van der Waals surface area contributed by atoms with Crippen molar-refractivity contribution in [3.8, 4) is 0 Å². The summed E-state index contributed by atoms with van der Waals surface area (Å²) in [6.45, 7) is 0. The first kappa shape index (κ1) is 4.56. The maximum Gasteiger partial charge on any atom is 0.554 e. The van der Waals surface area contributed by atoms with Crippen LogP contribution in [0.2, 0.25) is 0 Å². The van der Waals surface area contributed by atoms with E-state index in [-0.39, 0.29) is 0 Å². The average Bonchev–Trinajstić information content (AvgIpc) is 0.811. The lowest BCUT2D eigenvalue weighted by Gasteiger charge is -1.59. The molecule has 0 aromatic rings. The molecule has 25 valence electrons. The zero-order chi connectivity index (χ0) is 3.58. The van der Waals surface area contributed by atoms with E-state index >= 15 is 0 Å². The van der Waals surface area contributed by atoms with Crippen LogP contribution in [0.3, 0.4) is 0 Å². The highest BCUT2D eigenvalue weighted by atomic mass is 79.9. The Labute approximate surface area is 32.3 Å². The summed E-state index contributed by atoms with van der Waals surface area (Å²) in [5.41, 5.74) is 0. The van der Waals surface area contributed by atoms with E-state index in [4.69, 9.17) is 0 Å². The molecule has 0 rings (SSSR count). The van der Waals surface area contributed by atoms with Crippen molar-refractivity contribution in [3.63, 3.8) is 0 Å². The van der Waals surface area contributed by atoms with E-state index in [0.29, 0.717) is 0 Å². The van der Waals surface area contributed by atoms with Gasteiger partial charge < -0.3 is 0 Å². The number of rotatable bonds is 0. The van der Waals surface area contributed by atoms with Crippen LogP contribution >= 0.6 is 15.3 Å². The van der Waals surface area contributed by atoms with Crippen molar-refractivity contribution in [1.82, 2.24) is 0 Å². The van der Waals surface area contributed by atoms with Gasteiger partial charge in [0.05, 0.1) is 0 Å². The fraction of sp³-hybridized carbons (Fsp3) is 0. The molecule has 0 atom stereocenters. The van der Waals surface area contributed by atoms with Crippen LogP contribution in [0.4, 0.5) is 8.22 Å². The molecule has 0 unspecified atom stereocenters. The van der Waals surface area contributed by atoms with Gasteiger partial charge in [0.25, 0.3) is 0 Å². The van der Waals surface area contributed by atoms with Crippen molar-refractivity contribution in [2.75, 3.05) is 0 Å². The summed E-state index contributed by atoms with van der Waals surface area (Å²) in [6.07, 6.45) is 0. The van der Waals surface area contributed by atoms with Crippen molar-refractivity contribution >= 4 is 23.4 Å². The van der Waals surface area contributed by atoms with Crippen LogP contribution in [0, 0.1) is 0 Å². The summed E-state index contributed by atoms with van der Waals surface area (Å²) < 4.78 is 20.7. The van der Waals surface area contributed by atoms with Crippen LogP contribution in [-0.2, 0) is 0 Å². The summed E-state index contributed by atoms with van der Waals surface area (Å²) in [5.74, 6) is 0. The third kappa shape index (κ3) is 20.0. The summed E-state index contributed by atoms with van der Waals surface area (Å²) in [6, 6.07) is 0. The first-order chi connectivity index (χ1) is 1.73. The zero-order valence-corrected chi connectivity index (χ0v) is 4.22. The Kier molecular flexibility index (Phi) is 2.09. The van der Waals surface area contributed by atoms with Crippen molar-refractivity contribution < 1.29 is 8.22 Å². The van der Waals surface area contributed by atoms with Gasteiger partial charge in [0.15, 0.2) is 0 Å². The Hall–Kier alpha value is 0.557. The molecule has 0 saturated heterocycles. The van der Waals surface area contributed by atoms with Crippen LogP contribution < -0.4 is 0 Å². The molecule has 4 heavy (non-hydrogen) atoms. The second-order valence-corrected chi connectivity index (χ2v) is 2.44. The predicted octanol–water partition coefficient (Wildman–Crippen LogP) is 1.31. The third-order valence-corrected chi connectivity index (χ3v) is 0. The van der Waals surface area contributed by atoms with Gasteiger partial charge in [-0.25, -0.2) is 0 Å². The van der Waals surface area contributed by atoms with Crippen LogP contribution in [0.1, 0.15) is 0 Å². The molecule has 0 aromatic carbocycles. The van der Waals surface area contributed by atoms with E-state index in [2.05, 4.69) is 0 Å². The molecule has 4 heteroatoms. The van der Waals surface area contributed by atoms with E-state index in [0.717, 1.165) is 0 Å². The lowest BCUT2D eigenvalue weighted by atomic mass is 18.8. The quantitative estimate of drug-likeness (QED) is 0.357. The first-order valence-corrected chi connectivity index (χ1v) is 4.08. The van der Waals surface area contributed by atoms with E-state index in [1.165, 1.54) is 0 Å². The summed E-state index contributed by atoms with van der Waals surface area (Å²) >= 11 is 2.04. The highest BCUT2D eigenvalue weighted by Gasteiger charge is 1.96. The van der Waals surface area contributed by atoms with Crippen molar-refractivity contribution in [3.05, 3.63) is 0 Å². The van der Waals surface area contributed by atoms with E-state index < -0.39 is 8.08 Å². The molecule has 0 aliphatic rings. The fourth-order valence-electron chi connectivity index (χ4n) is 0. The minimum absolute atomic E-state index is 2.04. The molecule has 0 aromatic heterocycles. The van der Waals surface area contributed by atoms with Gasteiger partial charge in [0, 0.05) is 0 Å². The fourth-order valence-corrected chi connectivity index (χ4v) is 0. The lowest BCUT2D eigenvalue weighted by molar-refractivity contribution is 0.703. The predicted molar refractivity (Wildman–Crippen MR) is 16.9 cm³/mol. The first-order valence-electron chi connectivity index (χ1n) is 0.567. The molecule has 0 fully saturated rings. The normalized spacial score (nSPS) is 9.00. The molecule has 0 saturated carbocycles. The summed E-state index contributed by atoms with van der Waals surface area (Å²) in [7, 11) is -3.07. The third-order valence-electron chi connectivity index (χ3n) is 0. The maximum atomic E-state index is 10.4. The highest BCUT2D eigenvalue weighted by Crippen LogP contribution is 1.91. The number of hydrogen-bond acceptors (Lipinski definition) is 0. The molecule has 0 nitrogen and oxygen atoms in total. The monoisotopic (exact) mass is 145 g/mol. The van der Waals surface area contributed by atoms with E-state index in [1.54, 1.807) is 0 Å². The average molecular weight is 146 g/mol. The molecule has 0 bridgehead atoms. The van der Waals surface area contributed by atoms with E-state index in [1.807, 2.05) is 15.3 Å². The van der Waals surface area contributed by atoms with Gasteiger partial charge >= 0.3 is 8.08 Å².